The summed E-state index contributed by atoms with van der Waals surface area (Å²) in [4.78, 5) is 21.9. The fourth-order valence-electron chi connectivity index (χ4n) is 1.43. The first-order chi connectivity index (χ1) is 10.1. The van der Waals surface area contributed by atoms with E-state index in [0.29, 0.717) is 17.5 Å². The molecular weight excluding hydrogens is 421 g/mol. The van der Waals surface area contributed by atoms with Crippen molar-refractivity contribution in [2.75, 3.05) is 11.9 Å². The fraction of sp³-hybridized carbons (Fsp3) is 0.417. The Morgan fingerprint density at radius 2 is 1.82 bits per heavy atom. The molecule has 0 saturated heterocycles. The summed E-state index contributed by atoms with van der Waals surface area (Å²) in [5, 5.41) is 11.1. The molecule has 0 amide bonds. The van der Waals surface area contributed by atoms with Gasteiger partial charge in [0.1, 0.15) is 6.61 Å². The van der Waals surface area contributed by atoms with Gasteiger partial charge in [0, 0.05) is 38.8 Å². The van der Waals surface area contributed by atoms with Gasteiger partial charge >= 0.3 is 5.97 Å². The van der Waals surface area contributed by atoms with Crippen molar-refractivity contribution in [1.82, 2.24) is 0 Å². The highest BCUT2D eigenvalue weighted by Crippen LogP contribution is 2.26. The monoisotopic (exact) mass is 433 g/mol. The molecule has 22 heavy (non-hydrogen) atoms. The number of hydrogen-bond donors (Lipinski definition) is 0. The normalized spacial score (nSPS) is 10.6. The molecule has 0 bridgehead atoms. The predicted octanol–water partition coefficient (Wildman–Crippen LogP) is 3.85. The Hall–Kier alpha value is -0.700. The van der Waals surface area contributed by atoms with Crippen molar-refractivity contribution >= 4 is 58.2 Å². The van der Waals surface area contributed by atoms with Crippen molar-refractivity contribution in [3.63, 3.8) is 0 Å². The van der Waals surface area contributed by atoms with Gasteiger partial charge in [0.05, 0.1) is 10.3 Å². The Morgan fingerprint density at radius 3 is 2.18 bits per heavy atom. The number of carbonyl (C=O) groups excluding carboxylic acids is 1. The van der Waals surface area contributed by atoms with Gasteiger partial charge in [0.25, 0.3) is 5.69 Å². The maximum atomic E-state index is 11.9. The van der Waals surface area contributed by atoms with E-state index in [4.69, 9.17) is 8.95 Å². The molecule has 124 valence electrons. The summed E-state index contributed by atoms with van der Waals surface area (Å²) in [7, 11) is 7.36. The zero-order chi connectivity index (χ0) is 17.3. The van der Waals surface area contributed by atoms with Crippen LogP contribution in [0.4, 0.5) is 5.69 Å². The van der Waals surface area contributed by atoms with Crippen LogP contribution in [0.25, 0.3) is 0 Å². The largest absolute Gasteiger partial charge is 0.464 e. The Labute approximate surface area is 147 Å². The van der Waals surface area contributed by atoms with Crippen molar-refractivity contribution in [1.29, 1.82) is 0 Å². The molecule has 0 aromatic heterocycles. The number of rotatable bonds is 5. The zero-order valence-corrected chi connectivity index (χ0v) is 15.7. The molecule has 0 heterocycles. The highest BCUT2D eigenvalue weighted by molar-refractivity contribution is 9.09. The van der Waals surface area contributed by atoms with E-state index in [1.54, 1.807) is 26.0 Å². The Bertz CT molecular complexity index is 535. The number of alkyl halides is 1. The van der Waals surface area contributed by atoms with Crippen LogP contribution in [0.15, 0.2) is 24.3 Å². The predicted molar refractivity (Wildman–Crippen MR) is 90.7 cm³/mol. The number of non-ortho nitro benzene ring substituents is 1. The maximum absolute atomic E-state index is 11.9. The second kappa shape index (κ2) is 10.1. The summed E-state index contributed by atoms with van der Waals surface area (Å²) in [5.74, 6) is -0.351. The Morgan fingerprint density at radius 1 is 1.36 bits per heavy atom. The van der Waals surface area contributed by atoms with Gasteiger partial charge < -0.3 is 4.74 Å². The number of carbonyl (C=O) groups is 1. The minimum Gasteiger partial charge on any atom is -0.464 e. The molecule has 6 nitrogen and oxygen atoms in total. The molecule has 0 saturated carbocycles. The third-order valence-corrected chi connectivity index (χ3v) is 2.94. The van der Waals surface area contributed by atoms with Gasteiger partial charge in [0.15, 0.2) is 0 Å². The summed E-state index contributed by atoms with van der Waals surface area (Å²) in [6.07, 6.45) is 0. The molecule has 0 aliphatic rings. The van der Waals surface area contributed by atoms with E-state index in [-0.39, 0.29) is 11.7 Å². The lowest BCUT2D eigenvalue weighted by molar-refractivity contribution is -0.384. The second-order valence-corrected chi connectivity index (χ2v) is 7.76. The highest BCUT2D eigenvalue weighted by atomic mass is 79.9. The van der Waals surface area contributed by atoms with E-state index in [1.807, 2.05) is 0 Å². The third-order valence-electron chi connectivity index (χ3n) is 2.62. The molecule has 0 aliphatic heterocycles. The first kappa shape index (κ1) is 21.3. The van der Waals surface area contributed by atoms with Crippen molar-refractivity contribution in [2.45, 2.75) is 19.3 Å². The second-order valence-electron chi connectivity index (χ2n) is 4.44. The summed E-state index contributed by atoms with van der Waals surface area (Å²) in [5.41, 5.74) is -0.131. The fourth-order valence-corrected chi connectivity index (χ4v) is 1.59. The van der Waals surface area contributed by atoms with Crippen LogP contribution in [-0.2, 0) is 24.2 Å². The molecule has 0 aliphatic carbocycles. The van der Waals surface area contributed by atoms with Crippen molar-refractivity contribution in [2.24, 2.45) is 0 Å². The van der Waals surface area contributed by atoms with Gasteiger partial charge in [0.2, 0.25) is 9.23 Å². The zero-order valence-electron chi connectivity index (χ0n) is 11.8. The number of nitro benzene ring substituents is 1. The van der Waals surface area contributed by atoms with Crippen LogP contribution >= 0.6 is 37.3 Å². The van der Waals surface area contributed by atoms with E-state index < -0.39 is 19.6 Å². The van der Waals surface area contributed by atoms with Crippen LogP contribution in [0.1, 0.15) is 19.4 Å². The number of halogens is 3. The smallest absolute Gasteiger partial charge is 0.316 e. The quantitative estimate of drug-likeness (QED) is 0.231. The van der Waals surface area contributed by atoms with Crippen LogP contribution in [0.3, 0.4) is 0 Å². The average molecular weight is 435 g/mol. The molecule has 0 fully saturated rings. The van der Waals surface area contributed by atoms with E-state index in [2.05, 4.69) is 37.3 Å². The van der Waals surface area contributed by atoms with Crippen LogP contribution < -0.4 is 0 Å². The summed E-state index contributed by atoms with van der Waals surface area (Å²) < 4.78 is 14.2. The molecular formula is C12H14BrCl2NO5S. The van der Waals surface area contributed by atoms with E-state index in [9.17, 15) is 14.9 Å². The van der Waals surface area contributed by atoms with Crippen LogP contribution in [-0.4, -0.2) is 27.0 Å². The molecule has 0 spiro atoms. The van der Waals surface area contributed by atoms with Crippen molar-refractivity contribution in [3.05, 3.63) is 39.9 Å². The average Bonchev–Trinajstić information content (AvgIpc) is 2.44. The summed E-state index contributed by atoms with van der Waals surface area (Å²) in [6, 6.07) is 5.92. The minimum absolute atomic E-state index is 0.00313. The number of nitro groups is 1. The van der Waals surface area contributed by atoms with E-state index >= 15 is 0 Å². The van der Waals surface area contributed by atoms with Gasteiger partial charge in [-0.25, -0.2) is 4.21 Å². The molecule has 0 radical (unpaired) electrons. The van der Waals surface area contributed by atoms with Crippen molar-refractivity contribution < 1.29 is 18.7 Å². The molecule has 0 N–H and O–H groups in total. The van der Waals surface area contributed by atoms with Gasteiger partial charge in [-0.15, -0.1) is 0 Å². The van der Waals surface area contributed by atoms with Crippen molar-refractivity contribution in [3.8, 4) is 0 Å². The van der Waals surface area contributed by atoms with Gasteiger partial charge in [-0.05, 0) is 19.4 Å². The van der Waals surface area contributed by atoms with Crippen LogP contribution in [0.2, 0.25) is 0 Å². The lowest BCUT2D eigenvalue weighted by atomic mass is 9.85. The Balaban J connectivity index is 0.000000980. The minimum atomic E-state index is -1.67. The van der Waals surface area contributed by atoms with Gasteiger partial charge in [-0.1, -0.05) is 28.1 Å². The third kappa shape index (κ3) is 7.53. The molecule has 1 rings (SSSR count). The maximum Gasteiger partial charge on any atom is 0.316 e. The number of esters is 1. The molecule has 10 heteroatoms. The van der Waals surface area contributed by atoms with Crippen LogP contribution in [0.5, 0.6) is 0 Å². The van der Waals surface area contributed by atoms with E-state index in [1.165, 1.54) is 12.1 Å². The number of ether oxygens (including phenoxy) is 1. The van der Waals surface area contributed by atoms with Gasteiger partial charge in [-0.2, -0.15) is 0 Å². The summed E-state index contributed by atoms with van der Waals surface area (Å²) >= 11 is 3.17. The first-order valence-corrected chi connectivity index (χ1v) is 9.77. The molecule has 0 atom stereocenters. The highest BCUT2D eigenvalue weighted by Gasteiger charge is 2.31. The Kier molecular flexibility index (Phi) is 9.82. The lowest BCUT2D eigenvalue weighted by Gasteiger charge is -2.22. The summed E-state index contributed by atoms with van der Waals surface area (Å²) in [6.45, 7) is 3.75. The lowest BCUT2D eigenvalue weighted by Crippen LogP contribution is -2.31. The number of nitrogens with zero attached hydrogens (tertiary/aromatic N) is 1. The SMILES string of the molecule is CC(C)(C(=O)OCCBr)c1ccc([N+](=O)[O-])cc1.O=S(Cl)Cl. The van der Waals surface area contributed by atoms with E-state index in [0.717, 1.165) is 0 Å². The number of benzene rings is 1. The van der Waals surface area contributed by atoms with Gasteiger partial charge in [-0.3, -0.25) is 14.9 Å². The molecule has 0 unspecified atom stereocenters. The van der Waals surface area contributed by atoms with Crippen LogP contribution in [0, 0.1) is 10.1 Å². The molecule has 1 aromatic carbocycles. The number of hydrogen-bond acceptors (Lipinski definition) is 5. The molecule has 1 aromatic rings. The topological polar surface area (TPSA) is 86.5 Å². The standard InChI is InChI=1S/C12H14BrNO4.Cl2OS/c1-12(2,11(15)18-8-7-13)9-3-5-10(6-4-9)14(16)17;1-4(2)3/h3-6H,7-8H2,1-2H3;. The first-order valence-electron chi connectivity index (χ1n) is 5.85.